The first kappa shape index (κ1) is 12.9. The van der Waals surface area contributed by atoms with Gasteiger partial charge in [-0.2, -0.15) is 0 Å². The second-order valence-electron chi connectivity index (χ2n) is 3.85. The molecule has 0 aliphatic rings. The molecule has 1 aromatic carbocycles. The predicted molar refractivity (Wildman–Crippen MR) is 64.9 cm³/mol. The summed E-state index contributed by atoms with van der Waals surface area (Å²) in [6, 6.07) is 5.12. The van der Waals surface area contributed by atoms with Gasteiger partial charge in [-0.05, 0) is 19.0 Å². The lowest BCUT2D eigenvalue weighted by molar-refractivity contribution is -0.385. The van der Waals surface area contributed by atoms with Crippen molar-refractivity contribution < 1.29 is 4.92 Å². The highest BCUT2D eigenvalue weighted by Crippen LogP contribution is 2.26. The molecule has 0 bridgehead atoms. The number of nitro benzene ring substituents is 1. The first-order valence-electron chi connectivity index (χ1n) is 5.17. The Morgan fingerprint density at radius 1 is 1.50 bits per heavy atom. The van der Waals surface area contributed by atoms with Crippen molar-refractivity contribution in [2.45, 2.75) is 26.3 Å². The Hall–Kier alpha value is -1.13. The van der Waals surface area contributed by atoms with E-state index < -0.39 is 4.92 Å². The van der Waals surface area contributed by atoms with Crippen LogP contribution in [0.5, 0.6) is 0 Å². The van der Waals surface area contributed by atoms with E-state index in [9.17, 15) is 10.1 Å². The van der Waals surface area contributed by atoms with Crippen molar-refractivity contribution in [3.63, 3.8) is 0 Å². The fourth-order valence-corrected chi connectivity index (χ4v) is 1.72. The molecule has 0 radical (unpaired) electrons. The summed E-state index contributed by atoms with van der Waals surface area (Å²) in [6.07, 6.45) is 0.564. The molecule has 0 amide bonds. The standard InChI is InChI=1S/C11H15ClN2O2/c1-8(2)13-7-6-9-10(12)4-3-5-11(9)14(15)16/h3-5,8,13H,6-7H2,1-2H3. The molecule has 1 aromatic rings. The van der Waals surface area contributed by atoms with E-state index in [1.54, 1.807) is 12.1 Å². The van der Waals surface area contributed by atoms with Gasteiger partial charge in [0.25, 0.3) is 5.69 Å². The highest BCUT2D eigenvalue weighted by molar-refractivity contribution is 6.31. The molecule has 1 rings (SSSR count). The van der Waals surface area contributed by atoms with Gasteiger partial charge in [0.05, 0.1) is 9.95 Å². The van der Waals surface area contributed by atoms with Crippen LogP contribution < -0.4 is 5.32 Å². The monoisotopic (exact) mass is 242 g/mol. The molecular formula is C11H15ClN2O2. The molecule has 0 atom stereocenters. The third kappa shape index (κ3) is 3.47. The first-order valence-corrected chi connectivity index (χ1v) is 5.55. The highest BCUT2D eigenvalue weighted by Gasteiger charge is 2.15. The smallest absolute Gasteiger partial charge is 0.274 e. The number of rotatable bonds is 5. The zero-order valence-corrected chi connectivity index (χ0v) is 10.1. The zero-order valence-electron chi connectivity index (χ0n) is 9.37. The van der Waals surface area contributed by atoms with Gasteiger partial charge in [-0.15, -0.1) is 0 Å². The quantitative estimate of drug-likeness (QED) is 0.638. The largest absolute Gasteiger partial charge is 0.314 e. The van der Waals surface area contributed by atoms with Crippen molar-refractivity contribution in [1.82, 2.24) is 5.32 Å². The second kappa shape index (κ2) is 5.82. The van der Waals surface area contributed by atoms with Gasteiger partial charge in [0.1, 0.15) is 0 Å². The average Bonchev–Trinajstić information content (AvgIpc) is 2.19. The fourth-order valence-electron chi connectivity index (χ4n) is 1.45. The van der Waals surface area contributed by atoms with E-state index in [2.05, 4.69) is 5.32 Å². The van der Waals surface area contributed by atoms with E-state index in [1.165, 1.54) is 6.07 Å². The Morgan fingerprint density at radius 2 is 2.19 bits per heavy atom. The maximum absolute atomic E-state index is 10.8. The van der Waals surface area contributed by atoms with Crippen LogP contribution in [0.4, 0.5) is 5.69 Å². The zero-order chi connectivity index (χ0) is 12.1. The summed E-state index contributed by atoms with van der Waals surface area (Å²) >= 11 is 5.96. The summed E-state index contributed by atoms with van der Waals surface area (Å²) in [6.45, 7) is 4.74. The molecule has 0 aromatic heterocycles. The first-order chi connectivity index (χ1) is 7.52. The van der Waals surface area contributed by atoms with Crippen LogP contribution in [0.1, 0.15) is 19.4 Å². The van der Waals surface area contributed by atoms with E-state index in [1.807, 2.05) is 13.8 Å². The van der Waals surface area contributed by atoms with Crippen molar-refractivity contribution in [3.8, 4) is 0 Å². The average molecular weight is 243 g/mol. The normalized spacial score (nSPS) is 10.8. The van der Waals surface area contributed by atoms with Gasteiger partial charge in [-0.3, -0.25) is 10.1 Å². The molecule has 0 aliphatic heterocycles. The number of hydrogen-bond donors (Lipinski definition) is 1. The maximum atomic E-state index is 10.8. The van der Waals surface area contributed by atoms with Crippen LogP contribution in [-0.2, 0) is 6.42 Å². The molecule has 0 spiro atoms. The van der Waals surface area contributed by atoms with Gasteiger partial charge in [-0.25, -0.2) is 0 Å². The Kier molecular flexibility index (Phi) is 4.71. The van der Waals surface area contributed by atoms with Crippen molar-refractivity contribution >= 4 is 17.3 Å². The Labute approximate surface area is 99.8 Å². The van der Waals surface area contributed by atoms with Gasteiger partial charge in [0.15, 0.2) is 0 Å². The molecule has 0 aliphatic carbocycles. The number of halogens is 1. The van der Waals surface area contributed by atoms with Crippen molar-refractivity contribution in [3.05, 3.63) is 38.9 Å². The Balaban J connectivity index is 2.80. The second-order valence-corrected chi connectivity index (χ2v) is 4.26. The van der Waals surface area contributed by atoms with E-state index in [4.69, 9.17) is 11.6 Å². The molecule has 0 unspecified atom stereocenters. The lowest BCUT2D eigenvalue weighted by Crippen LogP contribution is -2.25. The Bertz CT molecular complexity index is 380. The van der Waals surface area contributed by atoms with Crippen LogP contribution in [0.2, 0.25) is 5.02 Å². The molecule has 4 nitrogen and oxygen atoms in total. The molecule has 1 N–H and O–H groups in total. The van der Waals surface area contributed by atoms with Gasteiger partial charge in [-0.1, -0.05) is 31.5 Å². The topological polar surface area (TPSA) is 55.2 Å². The van der Waals surface area contributed by atoms with Crippen molar-refractivity contribution in [2.75, 3.05) is 6.54 Å². The number of nitro groups is 1. The van der Waals surface area contributed by atoms with Crippen molar-refractivity contribution in [1.29, 1.82) is 0 Å². The van der Waals surface area contributed by atoms with Crippen LogP contribution in [0, 0.1) is 10.1 Å². The minimum Gasteiger partial charge on any atom is -0.314 e. The summed E-state index contributed by atoms with van der Waals surface area (Å²) in [5.41, 5.74) is 0.695. The molecular weight excluding hydrogens is 228 g/mol. The SMILES string of the molecule is CC(C)NCCc1c(Cl)cccc1[N+](=O)[O-]. The highest BCUT2D eigenvalue weighted by atomic mass is 35.5. The number of nitrogens with one attached hydrogen (secondary N) is 1. The summed E-state index contributed by atoms with van der Waals surface area (Å²) in [4.78, 5) is 10.4. The fraction of sp³-hybridized carbons (Fsp3) is 0.455. The molecule has 88 valence electrons. The van der Waals surface area contributed by atoms with Gasteiger partial charge in [0, 0.05) is 17.7 Å². The van der Waals surface area contributed by atoms with Crippen LogP contribution in [-0.4, -0.2) is 17.5 Å². The molecule has 16 heavy (non-hydrogen) atoms. The van der Waals surface area contributed by atoms with Crippen LogP contribution >= 0.6 is 11.6 Å². The summed E-state index contributed by atoms with van der Waals surface area (Å²) in [5.74, 6) is 0. The maximum Gasteiger partial charge on any atom is 0.274 e. The van der Waals surface area contributed by atoms with Crippen LogP contribution in [0.15, 0.2) is 18.2 Å². The van der Waals surface area contributed by atoms with Crippen LogP contribution in [0.3, 0.4) is 0 Å². The summed E-state index contributed by atoms with van der Waals surface area (Å²) in [7, 11) is 0. The van der Waals surface area contributed by atoms with E-state index >= 15 is 0 Å². The number of hydrogen-bond acceptors (Lipinski definition) is 3. The summed E-state index contributed by atoms with van der Waals surface area (Å²) in [5, 5.41) is 14.5. The predicted octanol–water partition coefficient (Wildman–Crippen LogP) is 2.79. The van der Waals surface area contributed by atoms with Gasteiger partial charge in [0.2, 0.25) is 0 Å². The number of benzene rings is 1. The van der Waals surface area contributed by atoms with E-state index in [0.717, 1.165) is 0 Å². The minimum atomic E-state index is -0.392. The molecule has 0 saturated carbocycles. The lowest BCUT2D eigenvalue weighted by atomic mass is 10.1. The molecule has 0 fully saturated rings. The number of nitrogens with zero attached hydrogens (tertiary/aromatic N) is 1. The Morgan fingerprint density at radius 3 is 2.75 bits per heavy atom. The van der Waals surface area contributed by atoms with Crippen LogP contribution in [0.25, 0.3) is 0 Å². The van der Waals surface area contributed by atoms with E-state index in [0.29, 0.717) is 29.6 Å². The molecule has 0 heterocycles. The lowest BCUT2D eigenvalue weighted by Gasteiger charge is -2.09. The van der Waals surface area contributed by atoms with E-state index in [-0.39, 0.29) is 5.69 Å². The van der Waals surface area contributed by atoms with Gasteiger partial charge < -0.3 is 5.32 Å². The minimum absolute atomic E-state index is 0.0954. The molecule has 0 saturated heterocycles. The molecule has 5 heteroatoms. The summed E-state index contributed by atoms with van der Waals surface area (Å²) < 4.78 is 0. The third-order valence-electron chi connectivity index (χ3n) is 2.22. The third-order valence-corrected chi connectivity index (χ3v) is 2.57. The van der Waals surface area contributed by atoms with Crippen molar-refractivity contribution in [2.24, 2.45) is 0 Å². The van der Waals surface area contributed by atoms with Gasteiger partial charge >= 0.3 is 0 Å².